The fourth-order valence-corrected chi connectivity index (χ4v) is 14.1. The first-order valence-corrected chi connectivity index (χ1v) is 27.3. The summed E-state index contributed by atoms with van der Waals surface area (Å²) < 4.78 is 2.47. The van der Waals surface area contributed by atoms with Gasteiger partial charge in [-0.15, -0.1) is 0 Å². The Morgan fingerprint density at radius 2 is 0.756 bits per heavy atom. The summed E-state index contributed by atoms with van der Waals surface area (Å²) >= 11 is 0. The summed E-state index contributed by atoms with van der Waals surface area (Å²) in [6, 6.07) is 104. The van der Waals surface area contributed by atoms with Gasteiger partial charge in [-0.1, -0.05) is 220 Å². The van der Waals surface area contributed by atoms with E-state index < -0.39 is 5.41 Å². The average molecular weight is 993 g/mol. The van der Waals surface area contributed by atoms with Crippen LogP contribution in [0.5, 0.6) is 0 Å². The molecule has 2 heteroatoms. The van der Waals surface area contributed by atoms with E-state index in [0.29, 0.717) is 0 Å². The third kappa shape index (κ3) is 6.32. The SMILES string of the molecule is CC1(C)c2cc(-c3ccc4c(c3)C3(c5ccccc5-4)c4ccccc4-c4c3ccc3c4c4ccccc4n3-c3ccc(-c4ccccc4)cc3)ccc2-c2ccc(N(c3ccccc3)c3ccc(-c4ccccc4)cc3)cc21. The molecule has 2 nitrogen and oxygen atoms in total. The van der Waals surface area contributed by atoms with Gasteiger partial charge in [0.05, 0.1) is 16.4 Å². The lowest BCUT2D eigenvalue weighted by molar-refractivity contribution is 0.660. The quantitative estimate of drug-likeness (QED) is 0.154. The van der Waals surface area contributed by atoms with Crippen LogP contribution in [0, 0.1) is 0 Å². The predicted octanol–water partition coefficient (Wildman–Crippen LogP) is 19.9. The number of rotatable bonds is 7. The van der Waals surface area contributed by atoms with Crippen molar-refractivity contribution in [3.8, 4) is 72.4 Å². The van der Waals surface area contributed by atoms with E-state index in [1.54, 1.807) is 0 Å². The number of anilines is 3. The molecule has 0 bridgehead atoms. The fourth-order valence-electron chi connectivity index (χ4n) is 14.1. The molecular weight excluding hydrogens is 941 g/mol. The number of hydrogen-bond acceptors (Lipinski definition) is 1. The molecule has 1 unspecified atom stereocenters. The van der Waals surface area contributed by atoms with Gasteiger partial charge in [0.25, 0.3) is 0 Å². The average Bonchev–Trinajstić information content (AvgIpc) is 4.35. The Kier molecular flexibility index (Phi) is 9.63. The molecule has 0 radical (unpaired) electrons. The first-order valence-electron chi connectivity index (χ1n) is 27.3. The second kappa shape index (κ2) is 16.9. The molecule has 1 atom stereocenters. The van der Waals surface area contributed by atoms with Crippen molar-refractivity contribution in [2.45, 2.75) is 24.7 Å². The fraction of sp³-hybridized carbons (Fsp3) is 0.0526. The highest BCUT2D eigenvalue weighted by Gasteiger charge is 2.52. The highest BCUT2D eigenvalue weighted by Crippen LogP contribution is 2.65. The first kappa shape index (κ1) is 44.5. The highest BCUT2D eigenvalue weighted by atomic mass is 15.1. The molecule has 0 saturated carbocycles. The second-order valence-electron chi connectivity index (χ2n) is 21.9. The third-order valence-corrected chi connectivity index (χ3v) is 17.6. The molecule has 0 saturated heterocycles. The Morgan fingerprint density at radius 1 is 0.295 bits per heavy atom. The van der Waals surface area contributed by atoms with Gasteiger partial charge in [-0.2, -0.15) is 0 Å². The van der Waals surface area contributed by atoms with E-state index in [0.717, 1.165) is 22.7 Å². The Labute approximate surface area is 455 Å². The zero-order valence-electron chi connectivity index (χ0n) is 43.5. The van der Waals surface area contributed by atoms with E-state index in [-0.39, 0.29) is 5.41 Å². The molecule has 366 valence electrons. The molecule has 1 spiro atoms. The van der Waals surface area contributed by atoms with Gasteiger partial charge in [0.15, 0.2) is 0 Å². The summed E-state index contributed by atoms with van der Waals surface area (Å²) in [5.74, 6) is 0. The Hall–Kier alpha value is -9.76. The van der Waals surface area contributed by atoms with Crippen LogP contribution in [0.2, 0.25) is 0 Å². The van der Waals surface area contributed by atoms with Crippen molar-refractivity contribution in [2.75, 3.05) is 4.90 Å². The van der Waals surface area contributed by atoms with Crippen LogP contribution in [0.3, 0.4) is 0 Å². The van der Waals surface area contributed by atoms with Crippen LogP contribution in [-0.2, 0) is 10.8 Å². The molecule has 0 amide bonds. The summed E-state index contributed by atoms with van der Waals surface area (Å²) in [5, 5.41) is 2.57. The summed E-state index contributed by atoms with van der Waals surface area (Å²) in [7, 11) is 0. The molecule has 3 aliphatic carbocycles. The molecule has 78 heavy (non-hydrogen) atoms. The minimum absolute atomic E-state index is 0.248. The molecule has 0 fully saturated rings. The number of hydrogen-bond donors (Lipinski definition) is 0. The lowest BCUT2D eigenvalue weighted by atomic mass is 9.70. The normalized spacial score (nSPS) is 14.9. The van der Waals surface area contributed by atoms with Crippen LogP contribution < -0.4 is 4.90 Å². The largest absolute Gasteiger partial charge is 0.310 e. The maximum Gasteiger partial charge on any atom is 0.0726 e. The Balaban J connectivity index is 0.821. The molecule has 0 aliphatic heterocycles. The maximum absolute atomic E-state index is 2.54. The number of benzene rings is 12. The number of aromatic nitrogens is 1. The molecule has 0 N–H and O–H groups in total. The Bertz CT molecular complexity index is 4550. The molecule has 13 aromatic rings. The monoisotopic (exact) mass is 992 g/mol. The van der Waals surface area contributed by atoms with E-state index in [9.17, 15) is 0 Å². The van der Waals surface area contributed by atoms with Crippen molar-refractivity contribution >= 4 is 38.9 Å². The van der Waals surface area contributed by atoms with Crippen molar-refractivity contribution in [2.24, 2.45) is 0 Å². The minimum atomic E-state index is -0.516. The summed E-state index contributed by atoms with van der Waals surface area (Å²) in [5.41, 5.74) is 29.5. The van der Waals surface area contributed by atoms with Crippen LogP contribution >= 0.6 is 0 Å². The number of para-hydroxylation sites is 2. The van der Waals surface area contributed by atoms with E-state index in [1.807, 2.05) is 0 Å². The minimum Gasteiger partial charge on any atom is -0.310 e. The zero-order chi connectivity index (χ0) is 51.7. The van der Waals surface area contributed by atoms with Crippen LogP contribution in [0.4, 0.5) is 17.1 Å². The van der Waals surface area contributed by atoms with Crippen molar-refractivity contribution in [1.29, 1.82) is 0 Å². The summed E-state index contributed by atoms with van der Waals surface area (Å²) in [4.78, 5) is 2.39. The smallest absolute Gasteiger partial charge is 0.0726 e. The maximum atomic E-state index is 2.54. The first-order chi connectivity index (χ1) is 38.4. The molecule has 1 aromatic heterocycles. The summed E-state index contributed by atoms with van der Waals surface area (Å²) in [6.45, 7) is 4.82. The molecule has 1 heterocycles. The van der Waals surface area contributed by atoms with Crippen LogP contribution in [-0.4, -0.2) is 4.57 Å². The Morgan fingerprint density at radius 3 is 1.44 bits per heavy atom. The van der Waals surface area contributed by atoms with Crippen LogP contribution in [0.1, 0.15) is 47.2 Å². The number of nitrogens with zero attached hydrogens (tertiary/aromatic N) is 2. The van der Waals surface area contributed by atoms with Gasteiger partial charge in [0, 0.05) is 38.9 Å². The topological polar surface area (TPSA) is 8.17 Å². The highest BCUT2D eigenvalue weighted by molar-refractivity contribution is 6.19. The van der Waals surface area contributed by atoms with E-state index >= 15 is 0 Å². The van der Waals surface area contributed by atoms with Gasteiger partial charge < -0.3 is 9.47 Å². The molecular formula is C76H52N2. The van der Waals surface area contributed by atoms with Gasteiger partial charge in [-0.25, -0.2) is 0 Å². The van der Waals surface area contributed by atoms with Crippen molar-refractivity contribution < 1.29 is 0 Å². The standard InChI is InChI=1S/C76H52N2/c1-75(2)68-46-53(34-41-60(68)61-43-40-58(48-69(61)75)77(55-22-10-5-11-23-55)56-36-30-51(31-37-56)49-18-6-3-7-19-49)54-35-42-62-59-24-12-15-27-65(59)76(70(62)47-54)66-28-16-13-25-63(66)73-67(76)44-45-72-74(73)64-26-14-17-29-71(64)78(72)57-38-32-52(33-39-57)50-20-8-4-9-21-50/h3-48H,1-2H3. The van der Waals surface area contributed by atoms with E-state index in [1.165, 1.54) is 122 Å². The van der Waals surface area contributed by atoms with E-state index in [2.05, 4.69) is 302 Å². The lowest BCUT2D eigenvalue weighted by Gasteiger charge is -2.31. The van der Waals surface area contributed by atoms with Gasteiger partial charge in [0.1, 0.15) is 0 Å². The van der Waals surface area contributed by atoms with Crippen LogP contribution in [0.15, 0.2) is 279 Å². The van der Waals surface area contributed by atoms with Gasteiger partial charge in [-0.05, 0) is 173 Å². The summed E-state index contributed by atoms with van der Waals surface area (Å²) in [6.07, 6.45) is 0. The molecule has 3 aliphatic rings. The molecule has 12 aromatic carbocycles. The predicted molar refractivity (Wildman–Crippen MR) is 326 cm³/mol. The number of fused-ring (bicyclic) bond motifs is 17. The third-order valence-electron chi connectivity index (χ3n) is 17.6. The van der Waals surface area contributed by atoms with Crippen molar-refractivity contribution in [3.63, 3.8) is 0 Å². The van der Waals surface area contributed by atoms with Gasteiger partial charge in [-0.3, -0.25) is 0 Å². The molecule has 16 rings (SSSR count). The van der Waals surface area contributed by atoms with Crippen molar-refractivity contribution in [3.05, 3.63) is 312 Å². The van der Waals surface area contributed by atoms with Crippen molar-refractivity contribution in [1.82, 2.24) is 4.57 Å². The van der Waals surface area contributed by atoms with Gasteiger partial charge in [0.2, 0.25) is 0 Å². The zero-order valence-corrected chi connectivity index (χ0v) is 43.5. The van der Waals surface area contributed by atoms with Gasteiger partial charge >= 0.3 is 0 Å². The lowest BCUT2D eigenvalue weighted by Crippen LogP contribution is -2.25. The van der Waals surface area contributed by atoms with E-state index in [4.69, 9.17) is 0 Å². The second-order valence-corrected chi connectivity index (χ2v) is 21.9. The van der Waals surface area contributed by atoms with Crippen LogP contribution in [0.25, 0.3) is 94.3 Å².